The van der Waals surface area contributed by atoms with Crippen molar-refractivity contribution in [1.29, 1.82) is 0 Å². The standard InChI is InChI=1S/C8H14O6/c1-14-8(13)7(12)6(11)3-2-5(10)4-9/h4,6-7,9-12H,2-3H2,1H3/b5-4-. The monoisotopic (exact) mass is 206 g/mol. The van der Waals surface area contributed by atoms with Gasteiger partial charge in [-0.1, -0.05) is 0 Å². The van der Waals surface area contributed by atoms with Gasteiger partial charge < -0.3 is 25.2 Å². The molecule has 0 radical (unpaired) electrons. The molecule has 0 aliphatic heterocycles. The van der Waals surface area contributed by atoms with E-state index in [0.717, 1.165) is 7.11 Å². The summed E-state index contributed by atoms with van der Waals surface area (Å²) >= 11 is 0. The molecule has 0 aliphatic carbocycles. The van der Waals surface area contributed by atoms with Crippen molar-refractivity contribution in [3.8, 4) is 0 Å². The van der Waals surface area contributed by atoms with Gasteiger partial charge in [0, 0.05) is 6.42 Å². The summed E-state index contributed by atoms with van der Waals surface area (Å²) in [5.41, 5.74) is 0. The normalized spacial score (nSPS) is 16.1. The lowest BCUT2D eigenvalue weighted by atomic mass is 10.1. The van der Waals surface area contributed by atoms with Crippen molar-refractivity contribution in [1.82, 2.24) is 0 Å². The van der Waals surface area contributed by atoms with E-state index >= 15 is 0 Å². The van der Waals surface area contributed by atoms with Gasteiger partial charge in [0.1, 0.15) is 12.0 Å². The van der Waals surface area contributed by atoms with Gasteiger partial charge in [-0.05, 0) is 6.42 Å². The second-order valence-corrected chi connectivity index (χ2v) is 2.69. The molecule has 82 valence electrons. The van der Waals surface area contributed by atoms with Crippen LogP contribution in [0.15, 0.2) is 12.0 Å². The van der Waals surface area contributed by atoms with Gasteiger partial charge in [-0.15, -0.1) is 0 Å². The molecule has 0 amide bonds. The Balaban J connectivity index is 3.95. The van der Waals surface area contributed by atoms with Crippen LogP contribution in [-0.4, -0.2) is 45.7 Å². The molecule has 0 saturated heterocycles. The summed E-state index contributed by atoms with van der Waals surface area (Å²) in [6.45, 7) is 0. The van der Waals surface area contributed by atoms with E-state index in [1.807, 2.05) is 0 Å². The number of hydrogen-bond donors (Lipinski definition) is 4. The molecule has 2 unspecified atom stereocenters. The molecule has 6 heteroatoms. The summed E-state index contributed by atoms with van der Waals surface area (Å²) in [7, 11) is 1.09. The highest BCUT2D eigenvalue weighted by atomic mass is 16.5. The van der Waals surface area contributed by atoms with Gasteiger partial charge in [-0.2, -0.15) is 0 Å². The highest BCUT2D eigenvalue weighted by Crippen LogP contribution is 2.08. The van der Waals surface area contributed by atoms with Crippen LogP contribution in [0.3, 0.4) is 0 Å². The van der Waals surface area contributed by atoms with Crippen molar-refractivity contribution in [3.63, 3.8) is 0 Å². The lowest BCUT2D eigenvalue weighted by Gasteiger charge is -2.14. The molecule has 14 heavy (non-hydrogen) atoms. The number of ether oxygens (including phenoxy) is 1. The third kappa shape index (κ3) is 4.11. The number of methoxy groups -OCH3 is 1. The number of esters is 1. The zero-order chi connectivity index (χ0) is 11.1. The molecule has 0 aromatic rings. The molecule has 0 saturated carbocycles. The number of carbonyl (C=O) groups excluding carboxylic acids is 1. The van der Waals surface area contributed by atoms with E-state index in [-0.39, 0.29) is 18.6 Å². The highest BCUT2D eigenvalue weighted by Gasteiger charge is 2.24. The summed E-state index contributed by atoms with van der Waals surface area (Å²) in [6.07, 6.45) is -2.57. The van der Waals surface area contributed by atoms with E-state index in [9.17, 15) is 9.90 Å². The molecule has 0 aromatic carbocycles. The minimum Gasteiger partial charge on any atom is -0.512 e. The summed E-state index contributed by atoms with van der Waals surface area (Å²) in [6, 6.07) is 0. The van der Waals surface area contributed by atoms with Gasteiger partial charge in [0.25, 0.3) is 0 Å². The fourth-order valence-electron chi connectivity index (χ4n) is 0.796. The zero-order valence-electron chi connectivity index (χ0n) is 7.75. The average molecular weight is 206 g/mol. The first-order valence-electron chi connectivity index (χ1n) is 3.99. The lowest BCUT2D eigenvalue weighted by Crippen LogP contribution is -2.34. The Labute approximate surface area is 81.1 Å². The molecule has 0 aliphatic rings. The SMILES string of the molecule is COC(=O)C(O)C(O)CC/C(O)=C/O. The average Bonchev–Trinajstić information content (AvgIpc) is 2.22. The van der Waals surface area contributed by atoms with Crippen LogP contribution in [0.25, 0.3) is 0 Å². The van der Waals surface area contributed by atoms with E-state index in [1.54, 1.807) is 0 Å². The molecule has 0 heterocycles. The zero-order valence-corrected chi connectivity index (χ0v) is 7.75. The van der Waals surface area contributed by atoms with Crippen molar-refractivity contribution in [2.75, 3.05) is 7.11 Å². The molecule has 2 atom stereocenters. The Morgan fingerprint density at radius 1 is 1.50 bits per heavy atom. The fourth-order valence-corrected chi connectivity index (χ4v) is 0.796. The molecule has 0 fully saturated rings. The number of carbonyl (C=O) groups is 1. The Bertz CT molecular complexity index is 212. The third-order valence-corrected chi connectivity index (χ3v) is 1.65. The van der Waals surface area contributed by atoms with Crippen molar-refractivity contribution in [2.24, 2.45) is 0 Å². The maximum atomic E-state index is 10.7. The van der Waals surface area contributed by atoms with Crippen LogP contribution < -0.4 is 0 Å². The van der Waals surface area contributed by atoms with Crippen molar-refractivity contribution >= 4 is 5.97 Å². The van der Waals surface area contributed by atoms with E-state index < -0.39 is 18.2 Å². The third-order valence-electron chi connectivity index (χ3n) is 1.65. The van der Waals surface area contributed by atoms with Crippen LogP contribution in [0.1, 0.15) is 12.8 Å². The Hall–Kier alpha value is -1.27. The molecule has 0 bridgehead atoms. The highest BCUT2D eigenvalue weighted by molar-refractivity contribution is 5.74. The number of rotatable bonds is 5. The first-order valence-corrected chi connectivity index (χ1v) is 3.99. The first kappa shape index (κ1) is 12.7. The van der Waals surface area contributed by atoms with Gasteiger partial charge >= 0.3 is 5.97 Å². The maximum Gasteiger partial charge on any atom is 0.337 e. The van der Waals surface area contributed by atoms with Gasteiger partial charge in [0.05, 0.1) is 13.2 Å². The quantitative estimate of drug-likeness (QED) is 0.361. The maximum absolute atomic E-state index is 10.7. The predicted molar refractivity (Wildman–Crippen MR) is 46.6 cm³/mol. The molecule has 0 aromatic heterocycles. The number of aliphatic hydroxyl groups is 4. The molecular formula is C8H14O6. The largest absolute Gasteiger partial charge is 0.512 e. The number of allylic oxidation sites excluding steroid dienone is 1. The van der Waals surface area contributed by atoms with E-state index in [4.69, 9.17) is 15.3 Å². The number of aliphatic hydroxyl groups excluding tert-OH is 4. The Morgan fingerprint density at radius 2 is 2.07 bits per heavy atom. The van der Waals surface area contributed by atoms with E-state index in [0.29, 0.717) is 6.26 Å². The predicted octanol–water partition coefficient (Wildman–Crippen LogP) is -0.381. The molecular weight excluding hydrogens is 192 g/mol. The van der Waals surface area contributed by atoms with Crippen LogP contribution in [0.2, 0.25) is 0 Å². The van der Waals surface area contributed by atoms with Crippen LogP contribution in [0.4, 0.5) is 0 Å². The summed E-state index contributed by atoms with van der Waals surface area (Å²) < 4.78 is 4.19. The Kier molecular flexibility index (Phi) is 5.66. The van der Waals surface area contributed by atoms with Gasteiger partial charge in [-0.3, -0.25) is 0 Å². The van der Waals surface area contributed by atoms with Crippen LogP contribution in [-0.2, 0) is 9.53 Å². The van der Waals surface area contributed by atoms with E-state index in [2.05, 4.69) is 4.74 Å². The smallest absolute Gasteiger partial charge is 0.337 e. The summed E-state index contributed by atoms with van der Waals surface area (Å²) in [4.78, 5) is 10.7. The lowest BCUT2D eigenvalue weighted by molar-refractivity contribution is -0.156. The molecule has 6 nitrogen and oxygen atoms in total. The van der Waals surface area contributed by atoms with Crippen LogP contribution in [0, 0.1) is 0 Å². The number of hydrogen-bond acceptors (Lipinski definition) is 6. The van der Waals surface area contributed by atoms with Crippen LogP contribution >= 0.6 is 0 Å². The summed E-state index contributed by atoms with van der Waals surface area (Å²) in [5.74, 6) is -1.27. The van der Waals surface area contributed by atoms with Gasteiger partial charge in [0.2, 0.25) is 0 Å². The van der Waals surface area contributed by atoms with Gasteiger partial charge in [0.15, 0.2) is 6.10 Å². The van der Waals surface area contributed by atoms with Crippen molar-refractivity contribution in [3.05, 3.63) is 12.0 Å². The first-order chi connectivity index (χ1) is 6.52. The molecule has 4 N–H and O–H groups in total. The van der Waals surface area contributed by atoms with Crippen molar-refractivity contribution in [2.45, 2.75) is 25.0 Å². The minimum atomic E-state index is -1.63. The Morgan fingerprint density at radius 3 is 2.50 bits per heavy atom. The molecule has 0 spiro atoms. The second-order valence-electron chi connectivity index (χ2n) is 2.69. The minimum absolute atomic E-state index is 0.0360. The summed E-state index contributed by atoms with van der Waals surface area (Å²) in [5, 5.41) is 35.4. The second kappa shape index (κ2) is 6.22. The van der Waals surface area contributed by atoms with E-state index in [1.165, 1.54) is 0 Å². The van der Waals surface area contributed by atoms with Crippen molar-refractivity contribution < 1.29 is 30.0 Å². The fraction of sp³-hybridized carbons (Fsp3) is 0.625. The van der Waals surface area contributed by atoms with Crippen LogP contribution in [0.5, 0.6) is 0 Å². The van der Waals surface area contributed by atoms with Gasteiger partial charge in [-0.25, -0.2) is 4.79 Å². The molecule has 0 rings (SSSR count). The topological polar surface area (TPSA) is 107 Å².